The summed E-state index contributed by atoms with van der Waals surface area (Å²) in [6.45, 7) is 0. The third-order valence-corrected chi connectivity index (χ3v) is 2.70. The zero-order chi connectivity index (χ0) is 11.2. The van der Waals surface area contributed by atoms with E-state index in [1.807, 2.05) is 28.7 Å². The molecule has 0 bridgehead atoms. The number of rotatable bonds is 1. The van der Waals surface area contributed by atoms with Gasteiger partial charge >= 0.3 is 5.84 Å². The van der Waals surface area contributed by atoms with E-state index in [4.69, 9.17) is 4.42 Å². The number of nitrogens with zero attached hydrogens (tertiary/aromatic N) is 5. The number of oxazole rings is 1. The van der Waals surface area contributed by atoms with Gasteiger partial charge in [-0.15, -0.1) is 5.10 Å². The van der Waals surface area contributed by atoms with E-state index in [1.54, 1.807) is 23.3 Å². The molecule has 0 unspecified atom stereocenters. The lowest BCUT2D eigenvalue weighted by atomic mass is 10.3. The molecule has 0 aliphatic heterocycles. The predicted molar refractivity (Wildman–Crippen MR) is 59.9 cm³/mol. The largest absolute Gasteiger partial charge is 0.432 e. The number of hydrogen-bond donors (Lipinski definition) is 0. The van der Waals surface area contributed by atoms with E-state index in [0.29, 0.717) is 5.84 Å². The Kier molecular flexibility index (Phi) is 1.47. The lowest BCUT2D eigenvalue weighted by molar-refractivity contribution is 0.595. The van der Waals surface area contributed by atoms with E-state index in [-0.39, 0.29) is 0 Å². The van der Waals surface area contributed by atoms with E-state index in [2.05, 4.69) is 15.3 Å². The van der Waals surface area contributed by atoms with Crippen molar-refractivity contribution in [2.75, 3.05) is 0 Å². The van der Waals surface area contributed by atoms with E-state index in [0.717, 1.165) is 16.9 Å². The summed E-state index contributed by atoms with van der Waals surface area (Å²) in [5, 5.41) is 8.24. The number of para-hydroxylation sites is 1. The van der Waals surface area contributed by atoms with Crippen molar-refractivity contribution in [3.63, 3.8) is 0 Å². The summed E-state index contributed by atoms with van der Waals surface area (Å²) < 4.78 is 8.76. The highest BCUT2D eigenvalue weighted by Gasteiger charge is 2.11. The fraction of sp³-hybridized carbons (Fsp3) is 0. The number of aromatic nitrogens is 5. The van der Waals surface area contributed by atoms with Gasteiger partial charge in [-0.1, -0.05) is 17.3 Å². The molecule has 6 nitrogen and oxygen atoms in total. The molecule has 4 rings (SSSR count). The van der Waals surface area contributed by atoms with Crippen LogP contribution in [0.25, 0.3) is 22.7 Å². The van der Waals surface area contributed by atoms with E-state index < -0.39 is 0 Å². The standard InChI is InChI=1S/C11H7N5O/c1-2-4-9-8(3-1)13-14-16(9)10-7-12-11-15(10)5-6-17-11/h1-7H. The first-order valence-electron chi connectivity index (χ1n) is 5.15. The predicted octanol–water partition coefficient (Wildman–Crippen LogP) is 1.66. The molecule has 1 aromatic carbocycles. The third-order valence-electron chi connectivity index (χ3n) is 2.70. The molecule has 0 radical (unpaired) electrons. The minimum Gasteiger partial charge on any atom is -0.432 e. The highest BCUT2D eigenvalue weighted by atomic mass is 16.3. The van der Waals surface area contributed by atoms with Crippen LogP contribution in [0.5, 0.6) is 0 Å². The van der Waals surface area contributed by atoms with Gasteiger partial charge in [0.15, 0.2) is 5.82 Å². The summed E-state index contributed by atoms with van der Waals surface area (Å²) in [6, 6.07) is 7.78. The molecular formula is C11H7N5O. The Balaban J connectivity index is 2.09. The van der Waals surface area contributed by atoms with Crippen molar-refractivity contribution >= 4 is 16.9 Å². The lowest BCUT2D eigenvalue weighted by Crippen LogP contribution is -1.99. The van der Waals surface area contributed by atoms with Crippen molar-refractivity contribution in [1.29, 1.82) is 0 Å². The smallest absolute Gasteiger partial charge is 0.307 e. The van der Waals surface area contributed by atoms with Crippen LogP contribution in [0.1, 0.15) is 0 Å². The summed E-state index contributed by atoms with van der Waals surface area (Å²) in [7, 11) is 0. The Labute approximate surface area is 95.1 Å². The Morgan fingerprint density at radius 1 is 1.18 bits per heavy atom. The maximum absolute atomic E-state index is 5.20. The average Bonchev–Trinajstić information content (AvgIpc) is 3.02. The molecule has 17 heavy (non-hydrogen) atoms. The summed E-state index contributed by atoms with van der Waals surface area (Å²) in [6.07, 6.45) is 5.10. The first-order valence-corrected chi connectivity index (χ1v) is 5.15. The average molecular weight is 225 g/mol. The van der Waals surface area contributed by atoms with Crippen LogP contribution in [0, 0.1) is 0 Å². The minimum atomic E-state index is 0.541. The Hall–Kier alpha value is -2.63. The van der Waals surface area contributed by atoms with E-state index >= 15 is 0 Å². The second-order valence-corrected chi connectivity index (χ2v) is 3.66. The van der Waals surface area contributed by atoms with Crippen molar-refractivity contribution in [1.82, 2.24) is 24.4 Å². The Morgan fingerprint density at radius 2 is 2.12 bits per heavy atom. The van der Waals surface area contributed by atoms with Gasteiger partial charge in [0.05, 0.1) is 17.9 Å². The second-order valence-electron chi connectivity index (χ2n) is 3.66. The van der Waals surface area contributed by atoms with E-state index in [9.17, 15) is 0 Å². The minimum absolute atomic E-state index is 0.541. The van der Waals surface area contributed by atoms with Crippen LogP contribution in [-0.4, -0.2) is 24.4 Å². The second kappa shape index (κ2) is 2.94. The lowest BCUT2D eigenvalue weighted by Gasteiger charge is -1.98. The van der Waals surface area contributed by atoms with Gasteiger partial charge in [0.25, 0.3) is 0 Å². The molecule has 3 aromatic heterocycles. The fourth-order valence-corrected chi connectivity index (χ4v) is 1.91. The van der Waals surface area contributed by atoms with Gasteiger partial charge in [0.1, 0.15) is 11.8 Å². The van der Waals surface area contributed by atoms with Crippen LogP contribution >= 0.6 is 0 Å². The molecule has 0 aliphatic carbocycles. The number of benzene rings is 1. The van der Waals surface area contributed by atoms with Crippen LogP contribution in [-0.2, 0) is 0 Å². The van der Waals surface area contributed by atoms with Crippen LogP contribution < -0.4 is 0 Å². The molecule has 0 fully saturated rings. The number of fused-ring (bicyclic) bond motifs is 2. The van der Waals surface area contributed by atoms with Gasteiger partial charge in [0.2, 0.25) is 0 Å². The molecule has 0 saturated heterocycles. The van der Waals surface area contributed by atoms with Gasteiger partial charge in [-0.2, -0.15) is 4.68 Å². The summed E-state index contributed by atoms with van der Waals surface area (Å²) >= 11 is 0. The zero-order valence-electron chi connectivity index (χ0n) is 8.69. The van der Waals surface area contributed by atoms with Crippen LogP contribution in [0.4, 0.5) is 0 Å². The molecule has 0 spiro atoms. The van der Waals surface area contributed by atoms with Crippen LogP contribution in [0.15, 0.2) is 47.3 Å². The third kappa shape index (κ3) is 1.06. The SMILES string of the molecule is c1ccc2c(c1)nnn2-c1cnc2occn12. The number of hydrogen-bond acceptors (Lipinski definition) is 4. The molecular weight excluding hydrogens is 218 g/mol. The van der Waals surface area contributed by atoms with Gasteiger partial charge < -0.3 is 4.42 Å². The highest BCUT2D eigenvalue weighted by molar-refractivity contribution is 5.75. The van der Waals surface area contributed by atoms with E-state index in [1.165, 1.54) is 0 Å². The normalized spacial score (nSPS) is 11.5. The molecule has 0 saturated carbocycles. The van der Waals surface area contributed by atoms with Gasteiger partial charge in [-0.05, 0) is 12.1 Å². The van der Waals surface area contributed by atoms with Gasteiger partial charge in [-0.25, -0.2) is 4.98 Å². The quantitative estimate of drug-likeness (QED) is 0.494. The number of imidazole rings is 1. The van der Waals surface area contributed by atoms with Gasteiger partial charge in [-0.3, -0.25) is 4.40 Å². The molecule has 0 N–H and O–H groups in total. The van der Waals surface area contributed by atoms with Crippen molar-refractivity contribution in [3.05, 3.63) is 42.9 Å². The molecule has 6 heteroatoms. The monoisotopic (exact) mass is 225 g/mol. The molecule has 0 atom stereocenters. The summed E-state index contributed by atoms with van der Waals surface area (Å²) in [5.41, 5.74) is 1.79. The molecule has 0 aliphatic rings. The first kappa shape index (κ1) is 8.51. The van der Waals surface area contributed by atoms with Crippen LogP contribution in [0.3, 0.4) is 0 Å². The van der Waals surface area contributed by atoms with Crippen molar-refractivity contribution < 1.29 is 4.42 Å². The van der Waals surface area contributed by atoms with Crippen molar-refractivity contribution in [3.8, 4) is 5.82 Å². The fourth-order valence-electron chi connectivity index (χ4n) is 1.91. The molecule has 0 amide bonds. The summed E-state index contributed by atoms with van der Waals surface area (Å²) in [4.78, 5) is 4.15. The first-order chi connectivity index (χ1) is 8.43. The molecule has 82 valence electrons. The molecule has 3 heterocycles. The van der Waals surface area contributed by atoms with Gasteiger partial charge in [0, 0.05) is 0 Å². The topological polar surface area (TPSA) is 61.2 Å². The highest BCUT2D eigenvalue weighted by Crippen LogP contribution is 2.17. The van der Waals surface area contributed by atoms with Crippen molar-refractivity contribution in [2.45, 2.75) is 0 Å². The Morgan fingerprint density at radius 3 is 3.12 bits per heavy atom. The summed E-state index contributed by atoms with van der Waals surface area (Å²) in [5.74, 6) is 1.35. The molecule has 4 aromatic rings. The Bertz CT molecular complexity index is 809. The maximum atomic E-state index is 5.20. The van der Waals surface area contributed by atoms with Crippen molar-refractivity contribution in [2.24, 2.45) is 0 Å². The zero-order valence-corrected chi connectivity index (χ0v) is 8.69. The maximum Gasteiger partial charge on any atom is 0.307 e. The van der Waals surface area contributed by atoms with Crippen LogP contribution in [0.2, 0.25) is 0 Å².